The average molecular weight is 255 g/mol. The summed E-state index contributed by atoms with van der Waals surface area (Å²) >= 11 is 0. The van der Waals surface area contributed by atoms with Crippen LogP contribution in [0.3, 0.4) is 0 Å². The lowest BCUT2D eigenvalue weighted by molar-refractivity contribution is 0.174. The van der Waals surface area contributed by atoms with Crippen LogP contribution < -0.4 is 15.0 Å². The minimum Gasteiger partial charge on any atom is -0.454 e. The van der Waals surface area contributed by atoms with Crippen molar-refractivity contribution in [1.29, 1.82) is 0 Å². The number of aromatic nitrogens is 1. The van der Waals surface area contributed by atoms with Crippen molar-refractivity contribution in [3.63, 3.8) is 0 Å². The van der Waals surface area contributed by atoms with Crippen molar-refractivity contribution in [1.82, 2.24) is 4.73 Å². The van der Waals surface area contributed by atoms with E-state index in [0.29, 0.717) is 27.1 Å². The highest BCUT2D eigenvalue weighted by atomic mass is 16.7. The second kappa shape index (κ2) is 3.41. The lowest BCUT2D eigenvalue weighted by Crippen LogP contribution is -2.18. The van der Waals surface area contributed by atoms with Gasteiger partial charge in [0, 0.05) is 10.8 Å². The minimum absolute atomic E-state index is 0.150. The van der Waals surface area contributed by atoms with Gasteiger partial charge in [-0.1, -0.05) is 18.2 Å². The monoisotopic (exact) mass is 255 g/mol. The van der Waals surface area contributed by atoms with Crippen LogP contribution in [-0.2, 0) is 0 Å². The summed E-state index contributed by atoms with van der Waals surface area (Å²) in [5.74, 6) is 1.15. The van der Waals surface area contributed by atoms with Gasteiger partial charge < -0.3 is 14.7 Å². The van der Waals surface area contributed by atoms with Crippen LogP contribution in [0.15, 0.2) is 41.2 Å². The summed E-state index contributed by atoms with van der Waals surface area (Å²) in [6.07, 6.45) is 0. The molecule has 0 saturated carbocycles. The first-order chi connectivity index (χ1) is 9.25. The number of nitrogens with zero attached hydrogens (tertiary/aromatic N) is 1. The molecule has 1 aliphatic heterocycles. The molecule has 0 fully saturated rings. The summed E-state index contributed by atoms with van der Waals surface area (Å²) < 4.78 is 11.3. The molecule has 1 N–H and O–H groups in total. The number of para-hydroxylation sites is 1. The lowest BCUT2D eigenvalue weighted by Gasteiger charge is -2.08. The van der Waals surface area contributed by atoms with E-state index in [2.05, 4.69) is 0 Å². The molecule has 2 aromatic carbocycles. The van der Waals surface area contributed by atoms with E-state index >= 15 is 0 Å². The molecular weight excluding hydrogens is 246 g/mol. The normalized spacial score (nSPS) is 13.3. The number of hydrogen-bond acceptors (Lipinski definition) is 4. The molecule has 0 saturated heterocycles. The van der Waals surface area contributed by atoms with E-state index in [-0.39, 0.29) is 6.79 Å². The molecule has 1 aliphatic rings. The molecule has 0 aliphatic carbocycles. The van der Waals surface area contributed by atoms with E-state index in [9.17, 15) is 10.0 Å². The van der Waals surface area contributed by atoms with Crippen LogP contribution in [0, 0.1) is 0 Å². The third-order valence-corrected chi connectivity index (χ3v) is 3.36. The van der Waals surface area contributed by atoms with Crippen LogP contribution in [0.25, 0.3) is 21.7 Å². The Morgan fingerprint density at radius 3 is 2.47 bits per heavy atom. The van der Waals surface area contributed by atoms with E-state index in [1.54, 1.807) is 24.3 Å². The van der Waals surface area contributed by atoms with Gasteiger partial charge in [-0.05, 0) is 18.2 Å². The molecule has 5 nitrogen and oxygen atoms in total. The fraction of sp³-hybridized carbons (Fsp3) is 0.0714. The van der Waals surface area contributed by atoms with Crippen LogP contribution in [0.1, 0.15) is 0 Å². The maximum Gasteiger partial charge on any atom is 0.291 e. The van der Waals surface area contributed by atoms with Crippen molar-refractivity contribution >= 4 is 21.7 Å². The van der Waals surface area contributed by atoms with Crippen LogP contribution in [0.5, 0.6) is 11.5 Å². The molecule has 3 aromatic rings. The first-order valence-corrected chi connectivity index (χ1v) is 5.82. The Labute approximate surface area is 107 Å². The van der Waals surface area contributed by atoms with Crippen molar-refractivity contribution in [2.45, 2.75) is 0 Å². The number of benzene rings is 2. The molecule has 0 unspecified atom stereocenters. The first-order valence-electron chi connectivity index (χ1n) is 5.82. The Kier molecular flexibility index (Phi) is 1.84. The number of ether oxygens (including phenoxy) is 2. The van der Waals surface area contributed by atoms with Gasteiger partial charge in [0.2, 0.25) is 6.79 Å². The summed E-state index contributed by atoms with van der Waals surface area (Å²) in [7, 11) is 0. The molecule has 0 spiro atoms. The van der Waals surface area contributed by atoms with Crippen molar-refractivity contribution in [3.8, 4) is 11.5 Å². The summed E-state index contributed by atoms with van der Waals surface area (Å²) in [5, 5.41) is 11.9. The summed E-state index contributed by atoms with van der Waals surface area (Å²) in [6, 6.07) is 10.6. The van der Waals surface area contributed by atoms with Crippen LogP contribution in [0.2, 0.25) is 0 Å². The van der Waals surface area contributed by atoms with Gasteiger partial charge in [-0.15, -0.1) is 4.73 Å². The average Bonchev–Trinajstić information content (AvgIpc) is 2.90. The zero-order valence-electron chi connectivity index (χ0n) is 9.79. The highest BCUT2D eigenvalue weighted by Crippen LogP contribution is 2.37. The van der Waals surface area contributed by atoms with Gasteiger partial charge in [0.1, 0.15) is 0 Å². The van der Waals surface area contributed by atoms with Crippen molar-refractivity contribution in [2.75, 3.05) is 6.79 Å². The second-order valence-corrected chi connectivity index (χ2v) is 4.39. The van der Waals surface area contributed by atoms with E-state index in [1.807, 2.05) is 12.1 Å². The fourth-order valence-corrected chi connectivity index (χ4v) is 2.45. The van der Waals surface area contributed by atoms with Crippen molar-refractivity contribution in [2.24, 2.45) is 0 Å². The second-order valence-electron chi connectivity index (χ2n) is 4.39. The number of fused-ring (bicyclic) bond motifs is 4. The number of rotatable bonds is 0. The van der Waals surface area contributed by atoms with E-state index in [1.165, 1.54) is 0 Å². The third kappa shape index (κ3) is 1.26. The predicted octanol–water partition coefficient (Wildman–Crippen LogP) is 2.12. The van der Waals surface area contributed by atoms with Gasteiger partial charge in [0.15, 0.2) is 11.5 Å². The minimum atomic E-state index is -0.466. The topological polar surface area (TPSA) is 60.7 Å². The molecule has 0 amide bonds. The molecule has 19 heavy (non-hydrogen) atoms. The van der Waals surface area contributed by atoms with E-state index < -0.39 is 5.56 Å². The maximum absolute atomic E-state index is 12.2. The smallest absolute Gasteiger partial charge is 0.291 e. The van der Waals surface area contributed by atoms with Gasteiger partial charge in [0.25, 0.3) is 5.56 Å². The zero-order valence-corrected chi connectivity index (χ0v) is 9.79. The maximum atomic E-state index is 12.2. The molecule has 4 rings (SSSR count). The van der Waals surface area contributed by atoms with Crippen LogP contribution in [-0.4, -0.2) is 16.7 Å². The largest absolute Gasteiger partial charge is 0.454 e. The molecule has 1 aromatic heterocycles. The molecule has 5 heteroatoms. The Hall–Kier alpha value is -2.69. The van der Waals surface area contributed by atoms with Crippen LogP contribution in [0.4, 0.5) is 0 Å². The Balaban J connectivity index is 2.30. The van der Waals surface area contributed by atoms with Gasteiger partial charge >= 0.3 is 0 Å². The predicted molar refractivity (Wildman–Crippen MR) is 69.0 cm³/mol. The number of pyridine rings is 1. The van der Waals surface area contributed by atoms with E-state index in [0.717, 1.165) is 10.8 Å². The first kappa shape index (κ1) is 10.3. The Bertz CT molecular complexity index is 882. The molecule has 2 heterocycles. The summed E-state index contributed by atoms with van der Waals surface area (Å²) in [4.78, 5) is 12.2. The standard InChI is InChI=1S/C14H9NO4/c16-14-10-6-13-12(18-7-19-13)5-9(10)8-3-1-2-4-11(8)15(14)17/h1-6,17H,7H2. The lowest BCUT2D eigenvalue weighted by atomic mass is 10.1. The summed E-state index contributed by atoms with van der Waals surface area (Å²) in [6.45, 7) is 0.150. The van der Waals surface area contributed by atoms with Gasteiger partial charge in [-0.2, -0.15) is 0 Å². The Morgan fingerprint density at radius 2 is 1.68 bits per heavy atom. The van der Waals surface area contributed by atoms with E-state index in [4.69, 9.17) is 9.47 Å². The molecule has 0 bridgehead atoms. The summed E-state index contributed by atoms with van der Waals surface area (Å²) in [5.41, 5.74) is 0.00543. The van der Waals surface area contributed by atoms with Gasteiger partial charge in [-0.3, -0.25) is 4.79 Å². The van der Waals surface area contributed by atoms with Gasteiger partial charge in [0.05, 0.1) is 10.9 Å². The highest BCUT2D eigenvalue weighted by molar-refractivity contribution is 6.06. The van der Waals surface area contributed by atoms with Gasteiger partial charge in [-0.25, -0.2) is 0 Å². The Morgan fingerprint density at radius 1 is 1.00 bits per heavy atom. The van der Waals surface area contributed by atoms with Crippen molar-refractivity contribution < 1.29 is 14.7 Å². The zero-order chi connectivity index (χ0) is 13.0. The highest BCUT2D eigenvalue weighted by Gasteiger charge is 2.18. The quantitative estimate of drug-likeness (QED) is 0.493. The number of hydrogen-bond donors (Lipinski definition) is 1. The van der Waals surface area contributed by atoms with Crippen molar-refractivity contribution in [3.05, 3.63) is 46.8 Å². The molecular formula is C14H9NO4. The van der Waals surface area contributed by atoms with Crippen LogP contribution >= 0.6 is 0 Å². The molecule has 0 atom stereocenters. The fourth-order valence-electron chi connectivity index (χ4n) is 2.45. The third-order valence-electron chi connectivity index (χ3n) is 3.36. The SMILES string of the molecule is O=c1c2cc3c(cc2c2ccccc2n1O)OCO3. The molecule has 94 valence electrons. The molecule has 0 radical (unpaired) electrons.